The molecule has 2 aromatic carbocycles. The summed E-state index contributed by atoms with van der Waals surface area (Å²) < 4.78 is 12.9. The van der Waals surface area contributed by atoms with E-state index in [4.69, 9.17) is 17.3 Å². The summed E-state index contributed by atoms with van der Waals surface area (Å²) in [6.45, 7) is 1.94. The third kappa shape index (κ3) is 2.50. The summed E-state index contributed by atoms with van der Waals surface area (Å²) in [6, 6.07) is 9.82. The number of benzene rings is 2. The summed E-state index contributed by atoms with van der Waals surface area (Å²) in [5.41, 5.74) is 8.93. The molecular formula is C13H12ClFN2. The topological polar surface area (TPSA) is 38.0 Å². The Morgan fingerprint density at radius 3 is 2.65 bits per heavy atom. The number of hydrogen-bond acceptors (Lipinski definition) is 2. The lowest BCUT2D eigenvalue weighted by atomic mass is 10.1. The Morgan fingerprint density at radius 1 is 1.24 bits per heavy atom. The van der Waals surface area contributed by atoms with Crippen LogP contribution in [0.5, 0.6) is 0 Å². The SMILES string of the molecule is Cc1cccc(N)c1Nc1ccc(F)cc1Cl. The van der Waals surface area contributed by atoms with Gasteiger partial charge in [-0.25, -0.2) is 4.39 Å². The van der Waals surface area contributed by atoms with E-state index in [0.29, 0.717) is 16.4 Å². The van der Waals surface area contributed by atoms with Crippen molar-refractivity contribution in [2.75, 3.05) is 11.1 Å². The molecule has 0 amide bonds. The number of para-hydroxylation sites is 1. The number of nitrogen functional groups attached to an aromatic ring is 1. The Hall–Kier alpha value is -1.74. The molecule has 2 aromatic rings. The van der Waals surface area contributed by atoms with Gasteiger partial charge in [0.1, 0.15) is 5.82 Å². The maximum Gasteiger partial charge on any atom is 0.124 e. The van der Waals surface area contributed by atoms with E-state index in [9.17, 15) is 4.39 Å². The summed E-state index contributed by atoms with van der Waals surface area (Å²) in [5, 5.41) is 3.44. The quantitative estimate of drug-likeness (QED) is 0.787. The van der Waals surface area contributed by atoms with Crippen molar-refractivity contribution in [3.63, 3.8) is 0 Å². The summed E-state index contributed by atoms with van der Waals surface area (Å²) in [6.07, 6.45) is 0. The molecule has 2 rings (SSSR count). The first kappa shape index (κ1) is 11.7. The van der Waals surface area contributed by atoms with Gasteiger partial charge in [0.15, 0.2) is 0 Å². The highest BCUT2D eigenvalue weighted by Crippen LogP contribution is 2.30. The minimum Gasteiger partial charge on any atom is -0.397 e. The third-order valence-corrected chi connectivity index (χ3v) is 2.81. The lowest BCUT2D eigenvalue weighted by Gasteiger charge is -2.13. The molecule has 0 spiro atoms. The molecule has 0 aliphatic carbocycles. The van der Waals surface area contributed by atoms with Crippen molar-refractivity contribution in [1.29, 1.82) is 0 Å². The van der Waals surface area contributed by atoms with Gasteiger partial charge in [0.25, 0.3) is 0 Å². The normalized spacial score (nSPS) is 10.3. The van der Waals surface area contributed by atoms with Gasteiger partial charge in [-0.3, -0.25) is 0 Å². The molecule has 17 heavy (non-hydrogen) atoms. The zero-order chi connectivity index (χ0) is 12.4. The Balaban J connectivity index is 2.38. The van der Waals surface area contributed by atoms with E-state index >= 15 is 0 Å². The maximum atomic E-state index is 12.9. The summed E-state index contributed by atoms with van der Waals surface area (Å²) in [4.78, 5) is 0. The highest BCUT2D eigenvalue weighted by Gasteiger charge is 2.06. The van der Waals surface area contributed by atoms with Gasteiger partial charge in [-0.2, -0.15) is 0 Å². The van der Waals surface area contributed by atoms with Crippen molar-refractivity contribution < 1.29 is 4.39 Å². The van der Waals surface area contributed by atoms with Gasteiger partial charge in [-0.1, -0.05) is 23.7 Å². The van der Waals surface area contributed by atoms with Gasteiger partial charge in [-0.15, -0.1) is 0 Å². The fraction of sp³-hybridized carbons (Fsp3) is 0.0769. The van der Waals surface area contributed by atoms with Crippen LogP contribution in [0.25, 0.3) is 0 Å². The highest BCUT2D eigenvalue weighted by atomic mass is 35.5. The van der Waals surface area contributed by atoms with Crippen LogP contribution < -0.4 is 11.1 Å². The minimum atomic E-state index is -0.363. The number of aryl methyl sites for hydroxylation is 1. The van der Waals surface area contributed by atoms with E-state index in [2.05, 4.69) is 5.32 Å². The van der Waals surface area contributed by atoms with E-state index in [0.717, 1.165) is 11.3 Å². The Morgan fingerprint density at radius 2 is 2.00 bits per heavy atom. The van der Waals surface area contributed by atoms with Crippen molar-refractivity contribution in [2.45, 2.75) is 6.92 Å². The van der Waals surface area contributed by atoms with Crippen LogP contribution in [0.15, 0.2) is 36.4 Å². The first-order valence-electron chi connectivity index (χ1n) is 5.15. The van der Waals surface area contributed by atoms with E-state index < -0.39 is 0 Å². The largest absolute Gasteiger partial charge is 0.397 e. The molecule has 0 unspecified atom stereocenters. The van der Waals surface area contributed by atoms with Gasteiger partial charge >= 0.3 is 0 Å². The molecule has 2 nitrogen and oxygen atoms in total. The maximum absolute atomic E-state index is 12.9. The standard InChI is InChI=1S/C13H12ClFN2/c1-8-3-2-4-11(16)13(8)17-12-6-5-9(15)7-10(12)14/h2-7,17H,16H2,1H3. The molecule has 0 atom stereocenters. The highest BCUT2D eigenvalue weighted by molar-refractivity contribution is 6.33. The van der Waals surface area contributed by atoms with Crippen molar-refractivity contribution in [3.05, 3.63) is 52.8 Å². The molecule has 0 saturated heterocycles. The molecule has 3 N–H and O–H groups in total. The second kappa shape index (κ2) is 4.63. The number of nitrogens with two attached hydrogens (primary N) is 1. The number of hydrogen-bond donors (Lipinski definition) is 2. The smallest absolute Gasteiger partial charge is 0.124 e. The molecular weight excluding hydrogens is 239 g/mol. The minimum absolute atomic E-state index is 0.327. The van der Waals surface area contributed by atoms with Gasteiger partial charge in [0, 0.05) is 0 Å². The number of nitrogens with one attached hydrogen (secondary N) is 1. The van der Waals surface area contributed by atoms with E-state index in [1.807, 2.05) is 19.1 Å². The second-order valence-electron chi connectivity index (χ2n) is 3.79. The van der Waals surface area contributed by atoms with Gasteiger partial charge in [-0.05, 0) is 36.8 Å². The van der Waals surface area contributed by atoms with Crippen LogP contribution >= 0.6 is 11.6 Å². The molecule has 0 heterocycles. The molecule has 0 saturated carbocycles. The van der Waals surface area contributed by atoms with Gasteiger partial charge in [0.05, 0.1) is 22.1 Å². The molecule has 0 aromatic heterocycles. The predicted octanol–water partition coefficient (Wildman–Crippen LogP) is 4.11. The predicted molar refractivity (Wildman–Crippen MR) is 70.3 cm³/mol. The fourth-order valence-corrected chi connectivity index (χ4v) is 1.80. The molecule has 0 aliphatic rings. The number of halogens is 2. The van der Waals surface area contributed by atoms with Crippen LogP contribution in [0.3, 0.4) is 0 Å². The first-order chi connectivity index (χ1) is 8.08. The molecule has 0 bridgehead atoms. The molecule has 88 valence electrons. The number of rotatable bonds is 2. The average molecular weight is 251 g/mol. The Labute approximate surface area is 104 Å². The molecule has 0 fully saturated rings. The number of anilines is 3. The van der Waals surface area contributed by atoms with Crippen LogP contribution in [-0.4, -0.2) is 0 Å². The zero-order valence-corrected chi connectivity index (χ0v) is 10.1. The Bertz CT molecular complexity index is 535. The van der Waals surface area contributed by atoms with Crippen LogP contribution in [0.2, 0.25) is 5.02 Å². The van der Waals surface area contributed by atoms with Crippen molar-refractivity contribution in [3.8, 4) is 0 Å². The molecule has 0 radical (unpaired) electrons. The van der Waals surface area contributed by atoms with Crippen molar-refractivity contribution >= 4 is 28.7 Å². The summed E-state index contributed by atoms with van der Waals surface area (Å²) in [5.74, 6) is -0.363. The average Bonchev–Trinajstić information content (AvgIpc) is 2.26. The van der Waals surface area contributed by atoms with Crippen LogP contribution in [0.1, 0.15) is 5.56 Å². The fourth-order valence-electron chi connectivity index (χ4n) is 1.59. The van der Waals surface area contributed by atoms with E-state index in [1.54, 1.807) is 12.1 Å². The summed E-state index contributed by atoms with van der Waals surface area (Å²) >= 11 is 5.94. The molecule has 0 aliphatic heterocycles. The lowest BCUT2D eigenvalue weighted by molar-refractivity contribution is 0.628. The third-order valence-electron chi connectivity index (χ3n) is 2.50. The monoisotopic (exact) mass is 250 g/mol. The second-order valence-corrected chi connectivity index (χ2v) is 4.20. The van der Waals surface area contributed by atoms with Crippen molar-refractivity contribution in [2.24, 2.45) is 0 Å². The van der Waals surface area contributed by atoms with Crippen LogP contribution in [0, 0.1) is 12.7 Å². The zero-order valence-electron chi connectivity index (χ0n) is 9.30. The van der Waals surface area contributed by atoms with Gasteiger partial charge < -0.3 is 11.1 Å². The van der Waals surface area contributed by atoms with Crippen LogP contribution in [-0.2, 0) is 0 Å². The van der Waals surface area contributed by atoms with Crippen LogP contribution in [0.4, 0.5) is 21.5 Å². The Kier molecular flexibility index (Phi) is 3.20. The van der Waals surface area contributed by atoms with E-state index in [1.165, 1.54) is 12.1 Å². The molecule has 4 heteroatoms. The summed E-state index contributed by atoms with van der Waals surface area (Å²) in [7, 11) is 0. The lowest BCUT2D eigenvalue weighted by Crippen LogP contribution is -1.99. The van der Waals surface area contributed by atoms with E-state index in [-0.39, 0.29) is 5.82 Å². The first-order valence-corrected chi connectivity index (χ1v) is 5.53. The van der Waals surface area contributed by atoms with Crippen molar-refractivity contribution in [1.82, 2.24) is 0 Å². The van der Waals surface area contributed by atoms with Gasteiger partial charge in [0.2, 0.25) is 0 Å².